The highest BCUT2D eigenvalue weighted by Gasteiger charge is 2.31. The predicted molar refractivity (Wildman–Crippen MR) is 47.7 cm³/mol. The number of pyridine rings is 1. The summed E-state index contributed by atoms with van der Waals surface area (Å²) < 4.78 is 37.0. The molecule has 0 atom stereocenters. The van der Waals surface area contributed by atoms with Crippen LogP contribution < -0.4 is 5.73 Å². The average molecular weight is 204 g/mol. The maximum Gasteiger partial charge on any atom is 0.416 e. The molecule has 0 radical (unpaired) electrons. The summed E-state index contributed by atoms with van der Waals surface area (Å²) in [7, 11) is 0. The van der Waals surface area contributed by atoms with Gasteiger partial charge in [-0.25, -0.2) is 4.98 Å². The number of halogens is 3. The van der Waals surface area contributed by atoms with Gasteiger partial charge in [0.25, 0.3) is 0 Å². The lowest BCUT2D eigenvalue weighted by atomic mass is 10.1. The molecule has 0 aliphatic heterocycles. The molecule has 0 saturated heterocycles. The van der Waals surface area contributed by atoms with E-state index in [2.05, 4.69) is 4.98 Å². The molecule has 78 valence electrons. The van der Waals surface area contributed by atoms with Crippen LogP contribution in [0.2, 0.25) is 0 Å². The lowest BCUT2D eigenvalue weighted by molar-refractivity contribution is -0.137. The summed E-state index contributed by atoms with van der Waals surface area (Å²) in [6.45, 7) is 3.53. The standard InChI is InChI=1S/C9H11F3N2/c1-5(2)7-3-6(9(10,11)12)4-8(13)14-7/h3-5H,1-2H3,(H2,13,14). The van der Waals surface area contributed by atoms with Crippen LogP contribution >= 0.6 is 0 Å². The Kier molecular flexibility index (Phi) is 2.69. The smallest absolute Gasteiger partial charge is 0.384 e. The van der Waals surface area contributed by atoms with Crippen molar-refractivity contribution in [3.63, 3.8) is 0 Å². The maximum atomic E-state index is 12.3. The zero-order valence-electron chi connectivity index (χ0n) is 7.89. The maximum absolute atomic E-state index is 12.3. The molecule has 1 heterocycles. The van der Waals surface area contributed by atoms with Crippen LogP contribution in [0.15, 0.2) is 12.1 Å². The van der Waals surface area contributed by atoms with Crippen LogP contribution in [0.4, 0.5) is 19.0 Å². The van der Waals surface area contributed by atoms with E-state index < -0.39 is 11.7 Å². The van der Waals surface area contributed by atoms with Gasteiger partial charge in [0.2, 0.25) is 0 Å². The van der Waals surface area contributed by atoms with Gasteiger partial charge in [-0.1, -0.05) is 13.8 Å². The summed E-state index contributed by atoms with van der Waals surface area (Å²) in [4.78, 5) is 3.82. The summed E-state index contributed by atoms with van der Waals surface area (Å²) in [6.07, 6.45) is -4.36. The summed E-state index contributed by atoms with van der Waals surface area (Å²) in [6, 6.07) is 1.87. The third kappa shape index (κ3) is 2.37. The first-order chi connectivity index (χ1) is 6.30. The molecule has 0 saturated carbocycles. The molecule has 1 aromatic rings. The van der Waals surface area contributed by atoms with E-state index in [1.807, 2.05) is 0 Å². The van der Waals surface area contributed by atoms with Gasteiger partial charge in [0.15, 0.2) is 0 Å². The Morgan fingerprint density at radius 2 is 1.86 bits per heavy atom. The molecule has 2 nitrogen and oxygen atoms in total. The first-order valence-corrected chi connectivity index (χ1v) is 4.15. The van der Waals surface area contributed by atoms with Crippen LogP contribution in [0, 0.1) is 0 Å². The number of nitrogens with two attached hydrogens (primary N) is 1. The normalized spacial score (nSPS) is 12.1. The molecule has 2 N–H and O–H groups in total. The fourth-order valence-corrected chi connectivity index (χ4v) is 1.03. The first kappa shape index (κ1) is 10.8. The van der Waals surface area contributed by atoms with Gasteiger partial charge in [-0.2, -0.15) is 13.2 Å². The van der Waals surface area contributed by atoms with E-state index in [1.165, 1.54) is 0 Å². The van der Waals surface area contributed by atoms with Gasteiger partial charge in [0.05, 0.1) is 5.56 Å². The Labute approximate surface area is 79.9 Å². The van der Waals surface area contributed by atoms with Gasteiger partial charge in [-0.15, -0.1) is 0 Å². The largest absolute Gasteiger partial charge is 0.416 e. The van der Waals surface area contributed by atoms with Crippen molar-refractivity contribution >= 4 is 5.82 Å². The molecule has 0 amide bonds. The van der Waals surface area contributed by atoms with E-state index in [1.54, 1.807) is 13.8 Å². The second kappa shape index (κ2) is 3.48. The Hall–Kier alpha value is -1.26. The van der Waals surface area contributed by atoms with Crippen molar-refractivity contribution < 1.29 is 13.2 Å². The van der Waals surface area contributed by atoms with Crippen LogP contribution in [0.3, 0.4) is 0 Å². The zero-order chi connectivity index (χ0) is 10.9. The molecule has 0 aromatic carbocycles. The molecule has 0 bridgehead atoms. The van der Waals surface area contributed by atoms with E-state index in [9.17, 15) is 13.2 Å². The van der Waals surface area contributed by atoms with E-state index in [0.29, 0.717) is 5.69 Å². The van der Waals surface area contributed by atoms with Crippen LogP contribution in [-0.2, 0) is 6.18 Å². The van der Waals surface area contributed by atoms with Crippen molar-refractivity contribution in [3.05, 3.63) is 23.4 Å². The van der Waals surface area contributed by atoms with Crippen LogP contribution in [-0.4, -0.2) is 4.98 Å². The number of nitrogens with zero attached hydrogens (tertiary/aromatic N) is 1. The average Bonchev–Trinajstić information content (AvgIpc) is 2.01. The van der Waals surface area contributed by atoms with Gasteiger partial charge >= 0.3 is 6.18 Å². The second-order valence-electron chi connectivity index (χ2n) is 3.36. The number of nitrogen functional groups attached to an aromatic ring is 1. The van der Waals surface area contributed by atoms with Gasteiger partial charge < -0.3 is 5.73 Å². The quantitative estimate of drug-likeness (QED) is 0.763. The monoisotopic (exact) mass is 204 g/mol. The minimum Gasteiger partial charge on any atom is -0.384 e. The molecule has 0 fully saturated rings. The van der Waals surface area contributed by atoms with Crippen LogP contribution in [0.1, 0.15) is 31.0 Å². The van der Waals surface area contributed by atoms with Crippen molar-refractivity contribution in [2.45, 2.75) is 25.9 Å². The molecular formula is C9H11F3N2. The Bertz CT molecular complexity index is 331. The van der Waals surface area contributed by atoms with Gasteiger partial charge in [0.1, 0.15) is 5.82 Å². The van der Waals surface area contributed by atoms with Crippen molar-refractivity contribution in [2.75, 3.05) is 5.73 Å². The lowest BCUT2D eigenvalue weighted by Crippen LogP contribution is -2.09. The molecule has 5 heteroatoms. The minimum absolute atomic E-state index is 0.0698. The molecule has 0 spiro atoms. The van der Waals surface area contributed by atoms with Crippen molar-refractivity contribution in [1.29, 1.82) is 0 Å². The van der Waals surface area contributed by atoms with Gasteiger partial charge in [-0.05, 0) is 18.1 Å². The fourth-order valence-electron chi connectivity index (χ4n) is 1.03. The number of rotatable bonds is 1. The SMILES string of the molecule is CC(C)c1cc(C(F)(F)F)cc(N)n1. The topological polar surface area (TPSA) is 38.9 Å². The minimum atomic E-state index is -4.36. The lowest BCUT2D eigenvalue weighted by Gasteiger charge is -2.11. The number of alkyl halides is 3. The predicted octanol–water partition coefficient (Wildman–Crippen LogP) is 2.81. The number of hydrogen-bond donors (Lipinski definition) is 1. The molecule has 1 rings (SSSR count). The number of hydrogen-bond acceptors (Lipinski definition) is 2. The molecule has 0 aliphatic rings. The summed E-state index contributed by atoms with van der Waals surface area (Å²) in [5, 5.41) is 0. The molecule has 1 aromatic heterocycles. The van der Waals surface area contributed by atoms with Crippen molar-refractivity contribution in [2.24, 2.45) is 0 Å². The van der Waals surface area contributed by atoms with E-state index in [0.717, 1.165) is 12.1 Å². The molecule has 0 unspecified atom stereocenters. The summed E-state index contributed by atoms with van der Waals surface area (Å²) >= 11 is 0. The number of aromatic nitrogens is 1. The van der Waals surface area contributed by atoms with E-state index in [-0.39, 0.29) is 11.7 Å². The van der Waals surface area contributed by atoms with E-state index in [4.69, 9.17) is 5.73 Å². The summed E-state index contributed by atoms with van der Waals surface area (Å²) in [5.41, 5.74) is 4.90. The highest BCUT2D eigenvalue weighted by molar-refractivity contribution is 5.37. The van der Waals surface area contributed by atoms with Crippen molar-refractivity contribution in [1.82, 2.24) is 4.98 Å². The highest BCUT2D eigenvalue weighted by Crippen LogP contribution is 2.31. The highest BCUT2D eigenvalue weighted by atomic mass is 19.4. The molecule has 14 heavy (non-hydrogen) atoms. The third-order valence-corrected chi connectivity index (χ3v) is 1.78. The van der Waals surface area contributed by atoms with Crippen molar-refractivity contribution in [3.8, 4) is 0 Å². The zero-order valence-corrected chi connectivity index (χ0v) is 7.89. The van der Waals surface area contributed by atoms with Crippen LogP contribution in [0.25, 0.3) is 0 Å². The van der Waals surface area contributed by atoms with Gasteiger partial charge in [0, 0.05) is 5.69 Å². The Balaban J connectivity index is 3.21. The summed E-state index contributed by atoms with van der Waals surface area (Å²) in [5.74, 6) is -0.164. The molecular weight excluding hydrogens is 193 g/mol. The number of anilines is 1. The van der Waals surface area contributed by atoms with Gasteiger partial charge in [-0.3, -0.25) is 0 Å². The third-order valence-electron chi connectivity index (χ3n) is 1.78. The second-order valence-corrected chi connectivity index (χ2v) is 3.36. The molecule has 0 aliphatic carbocycles. The Morgan fingerprint density at radius 1 is 1.29 bits per heavy atom. The Morgan fingerprint density at radius 3 is 2.29 bits per heavy atom. The first-order valence-electron chi connectivity index (χ1n) is 4.15. The van der Waals surface area contributed by atoms with Crippen LogP contribution in [0.5, 0.6) is 0 Å². The van der Waals surface area contributed by atoms with E-state index >= 15 is 0 Å². The fraction of sp³-hybridized carbons (Fsp3) is 0.444.